The van der Waals surface area contributed by atoms with Crippen molar-refractivity contribution >= 4 is 27.7 Å². The Balaban J connectivity index is 1.81. The second-order valence-electron chi connectivity index (χ2n) is 4.28. The first-order chi connectivity index (χ1) is 9.65. The fraction of sp³-hybridized carbons (Fsp3) is 0.200. The van der Waals surface area contributed by atoms with Gasteiger partial charge in [0.25, 0.3) is 0 Å². The van der Waals surface area contributed by atoms with E-state index in [0.29, 0.717) is 12.4 Å². The summed E-state index contributed by atoms with van der Waals surface area (Å²) in [6.45, 7) is 2.24. The Morgan fingerprint density at radius 1 is 1.35 bits per heavy atom. The van der Waals surface area contributed by atoms with Gasteiger partial charge in [0.15, 0.2) is 0 Å². The van der Waals surface area contributed by atoms with E-state index in [1.54, 1.807) is 6.20 Å². The van der Waals surface area contributed by atoms with Gasteiger partial charge in [0.2, 0.25) is 5.91 Å². The number of ether oxygens (including phenoxy) is 1. The Labute approximate surface area is 126 Å². The normalized spacial score (nSPS) is 10.1. The van der Waals surface area contributed by atoms with Crippen molar-refractivity contribution in [2.75, 3.05) is 11.9 Å². The van der Waals surface area contributed by atoms with Crippen LogP contribution in [0.25, 0.3) is 0 Å². The zero-order valence-corrected chi connectivity index (χ0v) is 12.7. The van der Waals surface area contributed by atoms with Crippen molar-refractivity contribution in [2.45, 2.75) is 13.3 Å². The Bertz CT molecular complexity index is 588. The highest BCUT2D eigenvalue weighted by atomic mass is 79.9. The van der Waals surface area contributed by atoms with Crippen LogP contribution in [-0.4, -0.2) is 17.5 Å². The van der Waals surface area contributed by atoms with E-state index < -0.39 is 0 Å². The second kappa shape index (κ2) is 7.05. The first-order valence-electron chi connectivity index (χ1n) is 6.25. The Morgan fingerprint density at radius 2 is 2.10 bits per heavy atom. The average Bonchev–Trinajstić information content (AvgIpc) is 2.43. The molecule has 20 heavy (non-hydrogen) atoms. The topological polar surface area (TPSA) is 51.2 Å². The highest BCUT2D eigenvalue weighted by Gasteiger charge is 2.06. The number of aromatic nitrogens is 1. The molecular weight excluding hydrogens is 320 g/mol. The van der Waals surface area contributed by atoms with Gasteiger partial charge >= 0.3 is 0 Å². The number of hydrogen-bond acceptors (Lipinski definition) is 3. The summed E-state index contributed by atoms with van der Waals surface area (Å²) in [6, 6.07) is 11.3. The summed E-state index contributed by atoms with van der Waals surface area (Å²) in [5, 5.41) is 2.77. The van der Waals surface area contributed by atoms with E-state index in [9.17, 15) is 4.79 Å². The Hall–Kier alpha value is -1.88. The van der Waals surface area contributed by atoms with Gasteiger partial charge in [-0.1, -0.05) is 18.2 Å². The number of hydrogen-bond donors (Lipinski definition) is 1. The summed E-state index contributed by atoms with van der Waals surface area (Å²) in [5.74, 6) is 1.23. The molecule has 1 N–H and O–H groups in total. The summed E-state index contributed by atoms with van der Waals surface area (Å²) >= 11 is 3.34. The van der Waals surface area contributed by atoms with Gasteiger partial charge in [-0.25, -0.2) is 4.98 Å². The smallest absolute Gasteiger partial charge is 0.228 e. The van der Waals surface area contributed by atoms with Gasteiger partial charge in [0.1, 0.15) is 11.6 Å². The number of carbonyl (C=O) groups excluding carboxylic acids is 1. The fourth-order valence-electron chi connectivity index (χ4n) is 1.64. The van der Waals surface area contributed by atoms with Crippen LogP contribution in [0.4, 0.5) is 5.82 Å². The molecule has 0 saturated heterocycles. The number of para-hydroxylation sites is 1. The van der Waals surface area contributed by atoms with Crippen LogP contribution in [0.1, 0.15) is 12.0 Å². The first kappa shape index (κ1) is 14.5. The molecule has 0 bridgehead atoms. The number of aryl methyl sites for hydroxylation is 1. The minimum absolute atomic E-state index is 0.112. The molecule has 5 heteroatoms. The van der Waals surface area contributed by atoms with Crippen molar-refractivity contribution in [3.63, 3.8) is 0 Å². The van der Waals surface area contributed by atoms with E-state index in [2.05, 4.69) is 26.2 Å². The maximum atomic E-state index is 11.8. The molecule has 1 aromatic carbocycles. The lowest BCUT2D eigenvalue weighted by molar-refractivity contribution is -0.116. The van der Waals surface area contributed by atoms with Gasteiger partial charge in [-0.2, -0.15) is 0 Å². The molecular formula is C15H15BrN2O2. The van der Waals surface area contributed by atoms with Crippen LogP contribution in [0.15, 0.2) is 47.1 Å². The number of anilines is 1. The number of halogens is 1. The molecule has 4 nitrogen and oxygen atoms in total. The van der Waals surface area contributed by atoms with E-state index in [4.69, 9.17) is 4.74 Å². The Kier molecular flexibility index (Phi) is 5.12. The van der Waals surface area contributed by atoms with Gasteiger partial charge in [0.05, 0.1) is 13.0 Å². The van der Waals surface area contributed by atoms with Crippen molar-refractivity contribution in [3.8, 4) is 5.75 Å². The molecule has 0 aliphatic heterocycles. The van der Waals surface area contributed by atoms with Crippen LogP contribution < -0.4 is 10.1 Å². The van der Waals surface area contributed by atoms with Gasteiger partial charge in [-0.05, 0) is 46.6 Å². The minimum Gasteiger partial charge on any atom is -0.493 e. The lowest BCUT2D eigenvalue weighted by Gasteiger charge is -2.08. The monoisotopic (exact) mass is 334 g/mol. The van der Waals surface area contributed by atoms with E-state index >= 15 is 0 Å². The predicted molar refractivity (Wildman–Crippen MR) is 81.9 cm³/mol. The van der Waals surface area contributed by atoms with Gasteiger partial charge in [-0.3, -0.25) is 4.79 Å². The number of carbonyl (C=O) groups is 1. The van der Waals surface area contributed by atoms with Crippen LogP contribution in [0.5, 0.6) is 5.75 Å². The molecule has 1 aromatic heterocycles. The first-order valence-corrected chi connectivity index (χ1v) is 7.04. The average molecular weight is 335 g/mol. The molecule has 2 aromatic rings. The molecule has 0 aliphatic rings. The molecule has 0 spiro atoms. The van der Waals surface area contributed by atoms with Crippen molar-refractivity contribution in [3.05, 3.63) is 52.6 Å². The summed E-state index contributed by atoms with van der Waals surface area (Å²) in [5.41, 5.74) is 0.914. The maximum Gasteiger partial charge on any atom is 0.228 e. The second-order valence-corrected chi connectivity index (χ2v) is 5.19. The molecule has 0 saturated carbocycles. The van der Waals surface area contributed by atoms with Crippen molar-refractivity contribution in [2.24, 2.45) is 0 Å². The SMILES string of the molecule is Cc1cc(Br)cnc1NC(=O)CCOc1ccccc1. The number of pyridine rings is 1. The van der Waals surface area contributed by atoms with Crippen LogP contribution in [-0.2, 0) is 4.79 Å². The zero-order chi connectivity index (χ0) is 14.4. The molecule has 0 aliphatic carbocycles. The largest absolute Gasteiger partial charge is 0.493 e. The summed E-state index contributed by atoms with van der Waals surface area (Å²) in [4.78, 5) is 16.0. The number of amides is 1. The molecule has 2 rings (SSSR count). The summed E-state index contributed by atoms with van der Waals surface area (Å²) < 4.78 is 6.36. The third kappa shape index (κ3) is 4.35. The zero-order valence-electron chi connectivity index (χ0n) is 11.1. The van der Waals surface area contributed by atoms with E-state index in [1.807, 2.05) is 43.3 Å². The molecule has 0 radical (unpaired) electrons. The molecule has 1 heterocycles. The molecule has 0 atom stereocenters. The third-order valence-electron chi connectivity index (χ3n) is 2.64. The van der Waals surface area contributed by atoms with Gasteiger partial charge in [0, 0.05) is 10.7 Å². The maximum absolute atomic E-state index is 11.8. The van der Waals surface area contributed by atoms with Crippen molar-refractivity contribution < 1.29 is 9.53 Å². The highest BCUT2D eigenvalue weighted by Crippen LogP contribution is 2.17. The number of rotatable bonds is 5. The van der Waals surface area contributed by atoms with E-state index in [-0.39, 0.29) is 12.3 Å². The number of nitrogens with zero attached hydrogens (tertiary/aromatic N) is 1. The number of nitrogens with one attached hydrogen (secondary N) is 1. The summed E-state index contributed by atoms with van der Waals surface area (Å²) in [6.07, 6.45) is 1.94. The predicted octanol–water partition coefficient (Wildman–Crippen LogP) is 3.56. The third-order valence-corrected chi connectivity index (χ3v) is 3.08. The van der Waals surface area contributed by atoms with Crippen LogP contribution >= 0.6 is 15.9 Å². The molecule has 1 amide bonds. The van der Waals surface area contributed by atoms with Crippen LogP contribution in [0, 0.1) is 6.92 Å². The van der Waals surface area contributed by atoms with E-state index in [1.165, 1.54) is 0 Å². The highest BCUT2D eigenvalue weighted by molar-refractivity contribution is 9.10. The van der Waals surface area contributed by atoms with Crippen LogP contribution in [0.2, 0.25) is 0 Å². The fourth-order valence-corrected chi connectivity index (χ4v) is 2.09. The van der Waals surface area contributed by atoms with Gasteiger partial charge in [-0.15, -0.1) is 0 Å². The van der Waals surface area contributed by atoms with Crippen LogP contribution in [0.3, 0.4) is 0 Å². The lowest BCUT2D eigenvalue weighted by Crippen LogP contribution is -2.16. The molecule has 0 unspecified atom stereocenters. The van der Waals surface area contributed by atoms with Crippen molar-refractivity contribution in [1.29, 1.82) is 0 Å². The Morgan fingerprint density at radius 3 is 2.80 bits per heavy atom. The molecule has 0 fully saturated rings. The quantitative estimate of drug-likeness (QED) is 0.909. The van der Waals surface area contributed by atoms with Crippen molar-refractivity contribution in [1.82, 2.24) is 4.98 Å². The van der Waals surface area contributed by atoms with Gasteiger partial charge < -0.3 is 10.1 Å². The summed E-state index contributed by atoms with van der Waals surface area (Å²) in [7, 11) is 0. The lowest BCUT2D eigenvalue weighted by atomic mass is 10.3. The standard InChI is InChI=1S/C15H15BrN2O2/c1-11-9-12(16)10-17-15(11)18-14(19)7-8-20-13-5-3-2-4-6-13/h2-6,9-10H,7-8H2,1H3,(H,17,18,19). The van der Waals surface area contributed by atoms with E-state index in [0.717, 1.165) is 15.8 Å². The minimum atomic E-state index is -0.112. The molecule has 104 valence electrons. The number of benzene rings is 1.